The minimum absolute atomic E-state index is 0.115. The minimum Gasteiger partial charge on any atom is -0.471 e. The Morgan fingerprint density at radius 1 is 1.29 bits per heavy atom. The molecule has 1 amide bonds. The summed E-state index contributed by atoms with van der Waals surface area (Å²) in [6, 6.07) is 6.48. The molecule has 24 heavy (non-hydrogen) atoms. The van der Waals surface area contributed by atoms with E-state index in [4.69, 9.17) is 4.74 Å². The highest BCUT2D eigenvalue weighted by Crippen LogP contribution is 2.19. The van der Waals surface area contributed by atoms with E-state index in [2.05, 4.69) is 15.2 Å². The number of hydrogen-bond acceptors (Lipinski definition) is 6. The molecule has 8 heteroatoms. The Labute approximate surface area is 139 Å². The largest absolute Gasteiger partial charge is 0.471 e. The van der Waals surface area contributed by atoms with E-state index in [1.807, 2.05) is 25.1 Å². The molecule has 1 unspecified atom stereocenters. The van der Waals surface area contributed by atoms with Gasteiger partial charge in [0.1, 0.15) is 6.10 Å². The first-order valence-electron chi connectivity index (χ1n) is 7.68. The van der Waals surface area contributed by atoms with Crippen LogP contribution in [0.2, 0.25) is 0 Å². The zero-order chi connectivity index (χ0) is 17.1. The molecule has 2 aromatic rings. The minimum atomic E-state index is -0.228. The number of aromatic nitrogens is 3. The van der Waals surface area contributed by atoms with Gasteiger partial charge in [-0.3, -0.25) is 9.59 Å². The first kappa shape index (κ1) is 16.0. The highest BCUT2D eigenvalue weighted by atomic mass is 16.5. The number of amides is 1. The number of H-pyrrole nitrogens is 1. The van der Waals surface area contributed by atoms with Crippen LogP contribution in [0.4, 0.5) is 5.82 Å². The van der Waals surface area contributed by atoms with Crippen molar-refractivity contribution in [3.05, 3.63) is 46.4 Å². The van der Waals surface area contributed by atoms with Gasteiger partial charge in [0.2, 0.25) is 11.4 Å². The average Bonchev–Trinajstić information content (AvgIpc) is 3.04. The van der Waals surface area contributed by atoms with Crippen LogP contribution in [-0.4, -0.2) is 59.3 Å². The normalized spacial score (nSPS) is 16.9. The average molecular weight is 329 g/mol. The lowest BCUT2D eigenvalue weighted by molar-refractivity contribution is 0.0770. The second kappa shape index (κ2) is 6.69. The monoisotopic (exact) mass is 329 g/mol. The van der Waals surface area contributed by atoms with Crippen molar-refractivity contribution in [2.45, 2.75) is 12.5 Å². The van der Waals surface area contributed by atoms with Crippen molar-refractivity contribution in [3.8, 4) is 5.88 Å². The summed E-state index contributed by atoms with van der Waals surface area (Å²) in [5.41, 5.74) is 0.235. The summed E-state index contributed by atoms with van der Waals surface area (Å²) >= 11 is 0. The number of pyridine rings is 1. The third-order valence-electron chi connectivity index (χ3n) is 3.83. The number of carbonyl (C=O) groups is 1. The van der Waals surface area contributed by atoms with Crippen LogP contribution < -0.4 is 15.2 Å². The summed E-state index contributed by atoms with van der Waals surface area (Å²) in [7, 11) is 3.78. The molecule has 0 aromatic carbocycles. The fourth-order valence-corrected chi connectivity index (χ4v) is 2.52. The Kier molecular flexibility index (Phi) is 4.45. The summed E-state index contributed by atoms with van der Waals surface area (Å²) in [6.07, 6.45) is 2.05. The van der Waals surface area contributed by atoms with Gasteiger partial charge >= 0.3 is 0 Å². The zero-order valence-electron chi connectivity index (χ0n) is 13.6. The molecule has 0 aliphatic carbocycles. The van der Waals surface area contributed by atoms with Crippen LogP contribution >= 0.6 is 0 Å². The summed E-state index contributed by atoms with van der Waals surface area (Å²) in [4.78, 5) is 29.5. The number of carbonyl (C=O) groups excluding carboxylic acids is 1. The lowest BCUT2D eigenvalue weighted by Crippen LogP contribution is -2.31. The van der Waals surface area contributed by atoms with E-state index < -0.39 is 0 Å². The molecule has 0 bridgehead atoms. The SMILES string of the molecule is CN(C)c1ccc(OC2CCN(C(=O)c3ccc(=O)[nH]c3)C2)nn1. The van der Waals surface area contributed by atoms with Gasteiger partial charge in [-0.15, -0.1) is 10.2 Å². The van der Waals surface area contributed by atoms with Gasteiger partial charge in [0.15, 0.2) is 5.82 Å². The molecule has 3 rings (SSSR count). The number of hydrogen-bond donors (Lipinski definition) is 1. The van der Waals surface area contributed by atoms with Crippen molar-refractivity contribution in [1.29, 1.82) is 0 Å². The van der Waals surface area contributed by atoms with Crippen LogP contribution in [0, 0.1) is 0 Å². The maximum absolute atomic E-state index is 12.4. The van der Waals surface area contributed by atoms with Crippen LogP contribution in [0.1, 0.15) is 16.8 Å². The van der Waals surface area contributed by atoms with Crippen LogP contribution in [0.25, 0.3) is 0 Å². The molecule has 1 saturated heterocycles. The molecular weight excluding hydrogens is 310 g/mol. The summed E-state index contributed by atoms with van der Waals surface area (Å²) in [6.45, 7) is 1.08. The van der Waals surface area contributed by atoms with Gasteiger partial charge in [-0.05, 0) is 12.1 Å². The van der Waals surface area contributed by atoms with E-state index >= 15 is 0 Å². The van der Waals surface area contributed by atoms with Crippen molar-refractivity contribution < 1.29 is 9.53 Å². The topological polar surface area (TPSA) is 91.4 Å². The van der Waals surface area contributed by atoms with E-state index in [-0.39, 0.29) is 17.6 Å². The Bertz CT molecular complexity index is 752. The van der Waals surface area contributed by atoms with Gasteiger partial charge < -0.3 is 19.5 Å². The Morgan fingerprint density at radius 2 is 2.12 bits per heavy atom. The van der Waals surface area contributed by atoms with E-state index in [0.29, 0.717) is 24.5 Å². The fraction of sp³-hybridized carbons (Fsp3) is 0.375. The predicted molar refractivity (Wildman–Crippen MR) is 88.4 cm³/mol. The number of nitrogens with one attached hydrogen (secondary N) is 1. The third-order valence-corrected chi connectivity index (χ3v) is 3.83. The summed E-state index contributed by atoms with van der Waals surface area (Å²) < 4.78 is 5.80. The van der Waals surface area contributed by atoms with E-state index in [1.165, 1.54) is 18.3 Å². The third kappa shape index (κ3) is 3.53. The van der Waals surface area contributed by atoms with Crippen LogP contribution in [0.3, 0.4) is 0 Å². The number of rotatable bonds is 4. The number of aromatic amines is 1. The molecule has 2 aromatic heterocycles. The van der Waals surface area contributed by atoms with E-state index in [1.54, 1.807) is 11.0 Å². The quantitative estimate of drug-likeness (QED) is 0.879. The first-order valence-corrected chi connectivity index (χ1v) is 7.68. The van der Waals surface area contributed by atoms with Gasteiger partial charge in [0.25, 0.3) is 5.91 Å². The molecule has 1 atom stereocenters. The number of anilines is 1. The second-order valence-electron chi connectivity index (χ2n) is 5.85. The highest BCUT2D eigenvalue weighted by Gasteiger charge is 2.28. The lowest BCUT2D eigenvalue weighted by atomic mass is 10.2. The first-order chi connectivity index (χ1) is 11.5. The summed E-state index contributed by atoms with van der Waals surface area (Å²) in [5.74, 6) is 1.08. The molecule has 8 nitrogen and oxygen atoms in total. The molecule has 0 spiro atoms. The predicted octanol–water partition coefficient (Wildman–Crippen LogP) is 0.524. The number of ether oxygens (including phenoxy) is 1. The molecule has 0 saturated carbocycles. The zero-order valence-corrected chi connectivity index (χ0v) is 13.6. The Morgan fingerprint density at radius 3 is 2.75 bits per heavy atom. The molecule has 3 heterocycles. The molecule has 1 aliphatic heterocycles. The van der Waals surface area contributed by atoms with Crippen LogP contribution in [0.5, 0.6) is 5.88 Å². The van der Waals surface area contributed by atoms with Gasteiger partial charge in [-0.2, -0.15) is 0 Å². The van der Waals surface area contributed by atoms with Crippen molar-refractivity contribution in [2.75, 3.05) is 32.1 Å². The van der Waals surface area contributed by atoms with Gasteiger partial charge in [0, 0.05) is 45.4 Å². The number of likely N-dealkylation sites (tertiary alicyclic amines) is 1. The number of nitrogens with zero attached hydrogens (tertiary/aromatic N) is 4. The maximum atomic E-state index is 12.4. The molecule has 126 valence electrons. The molecular formula is C16H19N5O3. The highest BCUT2D eigenvalue weighted by molar-refractivity contribution is 5.94. The fourth-order valence-electron chi connectivity index (χ4n) is 2.52. The van der Waals surface area contributed by atoms with Crippen LogP contribution in [0.15, 0.2) is 35.3 Å². The molecule has 1 aliphatic rings. The maximum Gasteiger partial charge on any atom is 0.255 e. The van der Waals surface area contributed by atoms with Crippen LogP contribution in [-0.2, 0) is 0 Å². The van der Waals surface area contributed by atoms with Crippen molar-refractivity contribution in [3.63, 3.8) is 0 Å². The van der Waals surface area contributed by atoms with Gasteiger partial charge in [-0.25, -0.2) is 0 Å². The van der Waals surface area contributed by atoms with Gasteiger partial charge in [-0.1, -0.05) is 0 Å². The molecule has 1 fully saturated rings. The van der Waals surface area contributed by atoms with Crippen molar-refractivity contribution in [1.82, 2.24) is 20.1 Å². The second-order valence-corrected chi connectivity index (χ2v) is 5.85. The Hall–Kier alpha value is -2.90. The van der Waals surface area contributed by atoms with Crippen molar-refractivity contribution >= 4 is 11.7 Å². The lowest BCUT2D eigenvalue weighted by Gasteiger charge is -2.17. The summed E-state index contributed by atoms with van der Waals surface area (Å²) in [5, 5.41) is 8.11. The van der Waals surface area contributed by atoms with Gasteiger partial charge in [0.05, 0.1) is 12.1 Å². The standard InChI is InChI=1S/C16H19N5O3/c1-20(2)13-4-6-15(19-18-13)24-12-7-8-21(10-12)16(23)11-3-5-14(22)17-9-11/h3-6,9,12H,7-8,10H2,1-2H3,(H,17,22). The Balaban J connectivity index is 1.59. The molecule has 1 N–H and O–H groups in total. The smallest absolute Gasteiger partial charge is 0.255 e. The van der Waals surface area contributed by atoms with Crippen molar-refractivity contribution in [2.24, 2.45) is 0 Å². The van der Waals surface area contributed by atoms with E-state index in [9.17, 15) is 9.59 Å². The molecule has 0 radical (unpaired) electrons. The van der Waals surface area contributed by atoms with E-state index in [0.717, 1.165) is 12.2 Å².